The van der Waals surface area contributed by atoms with Crippen LogP contribution in [0.5, 0.6) is 11.5 Å². The number of alkyl halides is 1. The lowest BCUT2D eigenvalue weighted by Crippen LogP contribution is -2.04. The van der Waals surface area contributed by atoms with Crippen LogP contribution in [0.15, 0.2) is 28.2 Å². The maximum atomic E-state index is 12.6. The summed E-state index contributed by atoms with van der Waals surface area (Å²) >= 11 is 6.44. The molecule has 0 saturated carbocycles. The van der Waals surface area contributed by atoms with Gasteiger partial charge in [0.2, 0.25) is 5.78 Å². The SMILES string of the molecule is CSC(SC)=C1Oc2cccc(OCCCCBr)c2C1=O. The Balaban J connectivity index is 2.23. The molecule has 0 unspecified atom stereocenters. The van der Waals surface area contributed by atoms with Crippen molar-refractivity contribution in [3.63, 3.8) is 0 Å². The van der Waals surface area contributed by atoms with Crippen LogP contribution in [0.3, 0.4) is 0 Å². The summed E-state index contributed by atoms with van der Waals surface area (Å²) in [4.78, 5) is 12.6. The van der Waals surface area contributed by atoms with Gasteiger partial charge in [-0.2, -0.15) is 0 Å². The summed E-state index contributed by atoms with van der Waals surface area (Å²) in [6.45, 7) is 0.603. The van der Waals surface area contributed by atoms with Crippen LogP contribution < -0.4 is 9.47 Å². The highest BCUT2D eigenvalue weighted by Gasteiger charge is 2.33. The molecule has 21 heavy (non-hydrogen) atoms. The summed E-state index contributed by atoms with van der Waals surface area (Å²) < 4.78 is 12.4. The van der Waals surface area contributed by atoms with Crippen LogP contribution in [0.2, 0.25) is 0 Å². The van der Waals surface area contributed by atoms with Gasteiger partial charge in [-0.1, -0.05) is 22.0 Å². The lowest BCUT2D eigenvalue weighted by atomic mass is 10.1. The van der Waals surface area contributed by atoms with Gasteiger partial charge in [0, 0.05) is 5.33 Å². The van der Waals surface area contributed by atoms with Gasteiger partial charge in [-0.3, -0.25) is 4.79 Å². The Hall–Kier alpha value is -0.590. The molecule has 0 saturated heterocycles. The molecule has 2 rings (SSSR count). The molecule has 3 nitrogen and oxygen atoms in total. The number of thioether (sulfide) groups is 2. The Morgan fingerprint density at radius 3 is 2.71 bits per heavy atom. The zero-order valence-electron chi connectivity index (χ0n) is 12.0. The number of carbonyl (C=O) groups is 1. The molecule has 1 aliphatic rings. The fourth-order valence-corrected chi connectivity index (χ4v) is 3.69. The Bertz CT molecular complexity index is 552. The number of hydrogen-bond acceptors (Lipinski definition) is 5. The van der Waals surface area contributed by atoms with E-state index in [-0.39, 0.29) is 5.78 Å². The average molecular weight is 389 g/mol. The molecule has 1 aromatic rings. The molecule has 1 heterocycles. The molecule has 0 aromatic heterocycles. The van der Waals surface area contributed by atoms with Crippen LogP contribution in [-0.2, 0) is 0 Å². The normalized spacial score (nSPS) is 13.1. The zero-order chi connectivity index (χ0) is 15.2. The van der Waals surface area contributed by atoms with Crippen molar-refractivity contribution >= 4 is 45.2 Å². The molecule has 0 bridgehead atoms. The van der Waals surface area contributed by atoms with Gasteiger partial charge in [0.1, 0.15) is 17.1 Å². The van der Waals surface area contributed by atoms with E-state index in [1.54, 1.807) is 0 Å². The number of ketones is 1. The molecule has 0 fully saturated rings. The number of carbonyl (C=O) groups excluding carboxylic acids is 1. The highest BCUT2D eigenvalue weighted by molar-refractivity contribution is 9.09. The van der Waals surface area contributed by atoms with Crippen molar-refractivity contribution in [1.82, 2.24) is 0 Å². The number of allylic oxidation sites excluding steroid dienone is 1. The molecule has 1 aliphatic heterocycles. The average Bonchev–Trinajstić information content (AvgIpc) is 2.83. The second kappa shape index (κ2) is 8.15. The summed E-state index contributed by atoms with van der Waals surface area (Å²) in [7, 11) is 0. The van der Waals surface area contributed by atoms with Crippen LogP contribution in [0.25, 0.3) is 0 Å². The highest BCUT2D eigenvalue weighted by Crippen LogP contribution is 2.41. The third-order valence-corrected chi connectivity index (χ3v) is 5.65. The van der Waals surface area contributed by atoms with Crippen molar-refractivity contribution in [3.8, 4) is 11.5 Å². The number of rotatable bonds is 7. The van der Waals surface area contributed by atoms with E-state index in [1.165, 1.54) is 23.5 Å². The number of hydrogen-bond donors (Lipinski definition) is 0. The van der Waals surface area contributed by atoms with E-state index >= 15 is 0 Å². The topological polar surface area (TPSA) is 35.5 Å². The van der Waals surface area contributed by atoms with Crippen molar-refractivity contribution in [1.29, 1.82) is 0 Å². The minimum absolute atomic E-state index is 0.0835. The first-order valence-corrected chi connectivity index (χ1v) is 10.2. The number of halogens is 1. The molecular formula is C15H17BrO3S2. The summed E-state index contributed by atoms with van der Waals surface area (Å²) in [5.74, 6) is 1.54. The van der Waals surface area contributed by atoms with Gasteiger partial charge >= 0.3 is 0 Å². The summed E-state index contributed by atoms with van der Waals surface area (Å²) in [6, 6.07) is 5.49. The Labute approximate surface area is 142 Å². The molecule has 0 aliphatic carbocycles. The van der Waals surface area contributed by atoms with E-state index in [4.69, 9.17) is 9.47 Å². The lowest BCUT2D eigenvalue weighted by Gasteiger charge is -2.07. The van der Waals surface area contributed by atoms with Crippen LogP contribution >= 0.6 is 39.5 Å². The van der Waals surface area contributed by atoms with Gasteiger partial charge in [0.15, 0.2) is 5.76 Å². The number of ether oxygens (including phenoxy) is 2. The fourth-order valence-electron chi connectivity index (χ4n) is 1.99. The van der Waals surface area contributed by atoms with E-state index < -0.39 is 0 Å². The molecule has 0 atom stereocenters. The van der Waals surface area contributed by atoms with Crippen molar-refractivity contribution < 1.29 is 14.3 Å². The smallest absolute Gasteiger partial charge is 0.237 e. The van der Waals surface area contributed by atoms with Crippen molar-refractivity contribution in [3.05, 3.63) is 33.8 Å². The van der Waals surface area contributed by atoms with Crippen LogP contribution in [-0.4, -0.2) is 30.2 Å². The molecule has 0 amide bonds. The zero-order valence-corrected chi connectivity index (χ0v) is 15.2. The van der Waals surface area contributed by atoms with E-state index in [0.29, 0.717) is 29.4 Å². The maximum absolute atomic E-state index is 12.6. The van der Waals surface area contributed by atoms with Gasteiger partial charge in [-0.25, -0.2) is 0 Å². The molecule has 1 aromatic carbocycles. The van der Waals surface area contributed by atoms with Gasteiger partial charge in [0.05, 0.1) is 10.8 Å². The van der Waals surface area contributed by atoms with Crippen LogP contribution in [0, 0.1) is 0 Å². The van der Waals surface area contributed by atoms with Gasteiger partial charge in [0.25, 0.3) is 0 Å². The first kappa shape index (κ1) is 16.8. The number of unbranched alkanes of at least 4 members (excludes halogenated alkanes) is 1. The van der Waals surface area contributed by atoms with Gasteiger partial charge in [-0.05, 0) is 37.5 Å². The predicted octanol–water partition coefficient (Wildman–Crippen LogP) is 4.71. The predicted molar refractivity (Wildman–Crippen MR) is 94.0 cm³/mol. The standard InChI is InChI=1S/C15H17BrO3S2/c1-20-15(21-2)14-13(17)12-10(18-9-4-3-8-16)6-5-7-11(12)19-14/h5-7H,3-4,8-9H2,1-2H3. The number of benzene rings is 1. The first-order valence-electron chi connectivity index (χ1n) is 6.59. The van der Waals surface area contributed by atoms with Crippen molar-refractivity contribution in [2.24, 2.45) is 0 Å². The fraction of sp³-hybridized carbons (Fsp3) is 0.400. The van der Waals surface area contributed by atoms with E-state index in [0.717, 1.165) is 22.4 Å². The largest absolute Gasteiger partial charge is 0.493 e. The molecule has 0 radical (unpaired) electrons. The van der Waals surface area contributed by atoms with Gasteiger partial charge in [-0.15, -0.1) is 23.5 Å². The third kappa shape index (κ3) is 3.79. The van der Waals surface area contributed by atoms with Crippen molar-refractivity contribution in [2.45, 2.75) is 12.8 Å². The summed E-state index contributed by atoms with van der Waals surface area (Å²) in [5, 5.41) is 0.961. The van der Waals surface area contributed by atoms with E-state index in [9.17, 15) is 4.79 Å². The minimum atomic E-state index is -0.0835. The monoisotopic (exact) mass is 388 g/mol. The van der Waals surface area contributed by atoms with Gasteiger partial charge < -0.3 is 9.47 Å². The lowest BCUT2D eigenvalue weighted by molar-refractivity contribution is 0.101. The van der Waals surface area contributed by atoms with E-state index in [1.807, 2.05) is 30.7 Å². The summed E-state index contributed by atoms with van der Waals surface area (Å²) in [5.41, 5.74) is 0.548. The van der Waals surface area contributed by atoms with Crippen LogP contribution in [0.4, 0.5) is 0 Å². The number of fused-ring (bicyclic) bond motifs is 1. The Morgan fingerprint density at radius 1 is 1.29 bits per heavy atom. The molecule has 0 spiro atoms. The van der Waals surface area contributed by atoms with E-state index in [2.05, 4.69) is 15.9 Å². The summed E-state index contributed by atoms with van der Waals surface area (Å²) in [6.07, 6.45) is 5.88. The molecule has 0 N–H and O–H groups in total. The molecular weight excluding hydrogens is 372 g/mol. The third-order valence-electron chi connectivity index (χ3n) is 2.98. The van der Waals surface area contributed by atoms with Crippen LogP contribution in [0.1, 0.15) is 23.2 Å². The minimum Gasteiger partial charge on any atom is -0.493 e. The second-order valence-corrected chi connectivity index (χ2v) is 7.01. The highest BCUT2D eigenvalue weighted by atomic mass is 79.9. The number of Topliss-reactive ketones (excluding diaryl/α,β-unsaturated/α-hetero) is 1. The first-order chi connectivity index (χ1) is 10.2. The van der Waals surface area contributed by atoms with Crippen molar-refractivity contribution in [2.75, 3.05) is 24.4 Å². The Morgan fingerprint density at radius 2 is 2.05 bits per heavy atom. The molecule has 114 valence electrons. The molecule has 6 heteroatoms. The second-order valence-electron chi connectivity index (χ2n) is 4.33. The Kier molecular flexibility index (Phi) is 6.51. The quantitative estimate of drug-likeness (QED) is 0.383. The maximum Gasteiger partial charge on any atom is 0.237 e.